The summed E-state index contributed by atoms with van der Waals surface area (Å²) in [6.45, 7) is 7.47. The van der Waals surface area contributed by atoms with Crippen molar-refractivity contribution in [2.75, 3.05) is 0 Å². The van der Waals surface area contributed by atoms with Gasteiger partial charge in [0.1, 0.15) is 12.0 Å². The van der Waals surface area contributed by atoms with Crippen LogP contribution in [0.25, 0.3) is 0 Å². The van der Waals surface area contributed by atoms with E-state index in [0.717, 1.165) is 19.3 Å². The monoisotopic (exact) mass is 442 g/mol. The number of alkyl halides is 3. The van der Waals surface area contributed by atoms with E-state index >= 15 is 0 Å². The molecule has 0 spiro atoms. The van der Waals surface area contributed by atoms with Crippen molar-refractivity contribution in [2.45, 2.75) is 97.3 Å². The highest BCUT2D eigenvalue weighted by Gasteiger charge is 2.60. The van der Waals surface area contributed by atoms with Crippen LogP contribution in [0.15, 0.2) is 0 Å². The number of piperidine rings is 1. The molecule has 0 bridgehead atoms. The lowest BCUT2D eigenvalue weighted by atomic mass is 9.47. The second kappa shape index (κ2) is 7.65. The number of carbonyl (C=O) groups is 2. The van der Waals surface area contributed by atoms with E-state index in [1.54, 1.807) is 0 Å². The molecule has 4 aliphatic rings. The molecule has 0 aromatic heterocycles. The average molecular weight is 443 g/mol. The summed E-state index contributed by atoms with van der Waals surface area (Å²) in [7, 11) is 0. The van der Waals surface area contributed by atoms with Crippen LogP contribution in [0.4, 0.5) is 13.2 Å². The molecule has 4 fully saturated rings. The van der Waals surface area contributed by atoms with E-state index in [-0.39, 0.29) is 11.5 Å². The molecular formula is C24H37F3N2O2. The van der Waals surface area contributed by atoms with Crippen LogP contribution in [-0.2, 0) is 9.59 Å². The summed E-state index contributed by atoms with van der Waals surface area (Å²) in [5.41, 5.74) is 0.171. The Morgan fingerprint density at radius 1 is 1.10 bits per heavy atom. The van der Waals surface area contributed by atoms with Crippen molar-refractivity contribution in [3.8, 4) is 0 Å². The van der Waals surface area contributed by atoms with Gasteiger partial charge in [-0.2, -0.15) is 13.2 Å². The fraction of sp³-hybridized carbons (Fsp3) is 0.917. The molecule has 1 saturated heterocycles. The topological polar surface area (TPSA) is 58.2 Å². The molecule has 1 aliphatic heterocycles. The van der Waals surface area contributed by atoms with Crippen molar-refractivity contribution in [3.63, 3.8) is 0 Å². The van der Waals surface area contributed by atoms with Gasteiger partial charge in [0.05, 0.1) is 0 Å². The molecule has 31 heavy (non-hydrogen) atoms. The first kappa shape index (κ1) is 22.9. The lowest BCUT2D eigenvalue weighted by Gasteiger charge is -2.60. The average Bonchev–Trinajstić information content (AvgIpc) is 3.06. The van der Waals surface area contributed by atoms with E-state index in [9.17, 15) is 22.8 Å². The fourth-order valence-electron chi connectivity index (χ4n) is 7.88. The standard InChI is InChI=1S/C24H37F3N2O2/c1-13(2)19(24(25,26)27)29-21(31)15-12-23(4)17-9-11-22(3)10-5-6-16(22)14(17)7-8-18(23)28-20(15)30/h13-19H,5-12H2,1-4H3,(H,28,30)(H,29,31)/t14-,15?,16-,17+,18?,19?,22-,23+/m0/s1. The molecule has 0 radical (unpaired) electrons. The van der Waals surface area contributed by atoms with Crippen molar-refractivity contribution in [1.82, 2.24) is 10.6 Å². The van der Waals surface area contributed by atoms with Crippen molar-refractivity contribution < 1.29 is 22.8 Å². The van der Waals surface area contributed by atoms with Gasteiger partial charge < -0.3 is 10.6 Å². The second-order valence-electron chi connectivity index (χ2n) is 11.6. The first-order chi connectivity index (χ1) is 14.4. The molecular weight excluding hydrogens is 405 g/mol. The normalized spacial score (nSPS) is 43.5. The predicted molar refractivity (Wildman–Crippen MR) is 112 cm³/mol. The van der Waals surface area contributed by atoms with E-state index in [2.05, 4.69) is 24.5 Å². The third-order valence-electron chi connectivity index (χ3n) is 9.56. The SMILES string of the molecule is CC(C)C(NC(=O)C1C[C@@]2(C)C(CC[C@@H]3[C@H]2CC[C@]2(C)CCC[C@@H]32)NC1=O)C(F)(F)F. The van der Waals surface area contributed by atoms with Crippen molar-refractivity contribution >= 4 is 11.8 Å². The van der Waals surface area contributed by atoms with E-state index < -0.39 is 35.9 Å². The zero-order valence-electron chi connectivity index (χ0n) is 19.1. The van der Waals surface area contributed by atoms with Gasteiger partial charge in [-0.15, -0.1) is 0 Å². The second-order valence-corrected chi connectivity index (χ2v) is 11.6. The molecule has 1 heterocycles. The lowest BCUT2D eigenvalue weighted by Crippen LogP contribution is -2.65. The highest BCUT2D eigenvalue weighted by Crippen LogP contribution is 2.64. The molecule has 3 aliphatic carbocycles. The molecule has 3 unspecified atom stereocenters. The smallest absolute Gasteiger partial charge is 0.352 e. The van der Waals surface area contributed by atoms with Gasteiger partial charge in [-0.25, -0.2) is 0 Å². The van der Waals surface area contributed by atoms with Crippen LogP contribution in [0.5, 0.6) is 0 Å². The molecule has 2 amide bonds. The predicted octanol–water partition coefficient (Wildman–Crippen LogP) is 4.83. The quantitative estimate of drug-likeness (QED) is 0.616. The van der Waals surface area contributed by atoms with E-state index in [1.807, 2.05) is 0 Å². The Hall–Kier alpha value is -1.27. The van der Waals surface area contributed by atoms with Gasteiger partial charge in [-0.1, -0.05) is 34.1 Å². The third kappa shape index (κ3) is 3.78. The summed E-state index contributed by atoms with van der Waals surface area (Å²) in [4.78, 5) is 25.7. The summed E-state index contributed by atoms with van der Waals surface area (Å²) in [5.74, 6) is -1.33. The van der Waals surface area contributed by atoms with Crippen LogP contribution in [0.3, 0.4) is 0 Å². The van der Waals surface area contributed by atoms with Crippen molar-refractivity contribution in [2.24, 2.45) is 40.4 Å². The number of amides is 2. The summed E-state index contributed by atoms with van der Waals surface area (Å²) < 4.78 is 40.2. The van der Waals surface area contributed by atoms with Gasteiger partial charge in [0.2, 0.25) is 11.8 Å². The van der Waals surface area contributed by atoms with Gasteiger partial charge in [-0.05, 0) is 79.4 Å². The van der Waals surface area contributed by atoms with Gasteiger partial charge in [0.25, 0.3) is 0 Å². The Bertz CT molecular complexity index is 739. The molecule has 7 heteroatoms. The molecule has 0 aromatic carbocycles. The van der Waals surface area contributed by atoms with Gasteiger partial charge in [0.15, 0.2) is 0 Å². The minimum atomic E-state index is -4.53. The molecule has 3 saturated carbocycles. The van der Waals surface area contributed by atoms with E-state index in [4.69, 9.17) is 0 Å². The van der Waals surface area contributed by atoms with Gasteiger partial charge in [-0.3, -0.25) is 9.59 Å². The Kier molecular flexibility index (Phi) is 5.65. The minimum absolute atomic E-state index is 0.0135. The maximum Gasteiger partial charge on any atom is 0.408 e. The third-order valence-corrected chi connectivity index (χ3v) is 9.56. The van der Waals surface area contributed by atoms with Crippen LogP contribution in [-0.4, -0.2) is 30.1 Å². The first-order valence-corrected chi connectivity index (χ1v) is 12.0. The van der Waals surface area contributed by atoms with E-state index in [1.165, 1.54) is 39.5 Å². The first-order valence-electron chi connectivity index (χ1n) is 12.0. The lowest BCUT2D eigenvalue weighted by molar-refractivity contribution is -0.173. The van der Waals surface area contributed by atoms with Crippen LogP contribution in [0.2, 0.25) is 0 Å². The Morgan fingerprint density at radius 2 is 1.81 bits per heavy atom. The zero-order valence-corrected chi connectivity index (χ0v) is 19.1. The number of hydrogen-bond acceptors (Lipinski definition) is 2. The van der Waals surface area contributed by atoms with Gasteiger partial charge >= 0.3 is 6.18 Å². The molecule has 4 rings (SSSR count). The summed E-state index contributed by atoms with van der Waals surface area (Å²) >= 11 is 0. The van der Waals surface area contributed by atoms with Crippen LogP contribution >= 0.6 is 0 Å². The Labute approximate surface area is 183 Å². The number of hydrogen-bond donors (Lipinski definition) is 2. The molecule has 2 N–H and O–H groups in total. The molecule has 4 nitrogen and oxygen atoms in total. The fourth-order valence-corrected chi connectivity index (χ4v) is 7.88. The van der Waals surface area contributed by atoms with Crippen LogP contribution < -0.4 is 10.6 Å². The van der Waals surface area contributed by atoms with Crippen LogP contribution in [0, 0.1) is 40.4 Å². The van der Waals surface area contributed by atoms with Gasteiger partial charge in [0, 0.05) is 6.04 Å². The van der Waals surface area contributed by atoms with Crippen LogP contribution in [0.1, 0.15) is 79.1 Å². The maximum atomic E-state index is 13.4. The summed E-state index contributed by atoms with van der Waals surface area (Å²) in [5, 5.41) is 5.21. The molecule has 176 valence electrons. The number of carbonyl (C=O) groups excluding carboxylic acids is 2. The van der Waals surface area contributed by atoms with Crippen molar-refractivity contribution in [1.29, 1.82) is 0 Å². The highest BCUT2D eigenvalue weighted by atomic mass is 19.4. The number of fused-ring (bicyclic) bond motifs is 5. The van der Waals surface area contributed by atoms with E-state index in [0.29, 0.717) is 29.6 Å². The maximum absolute atomic E-state index is 13.4. The summed E-state index contributed by atoms with van der Waals surface area (Å²) in [6.07, 6.45) is 3.92. The number of nitrogens with one attached hydrogen (secondary N) is 2. The molecule has 8 atom stereocenters. The number of halogens is 3. The molecule has 0 aromatic rings. The largest absolute Gasteiger partial charge is 0.408 e. The Balaban J connectivity index is 1.55. The number of rotatable bonds is 3. The zero-order chi connectivity index (χ0) is 22.8. The minimum Gasteiger partial charge on any atom is -0.352 e. The Morgan fingerprint density at radius 3 is 2.45 bits per heavy atom. The van der Waals surface area contributed by atoms with Crippen molar-refractivity contribution in [3.05, 3.63) is 0 Å². The summed E-state index contributed by atoms with van der Waals surface area (Å²) in [6, 6.07) is -1.93. The highest BCUT2D eigenvalue weighted by molar-refractivity contribution is 6.01.